The molecule has 3 aliphatic rings. The first kappa shape index (κ1) is 27.1. The predicted octanol–water partition coefficient (Wildman–Crippen LogP) is 3.40. The molecule has 2 aromatic rings. The summed E-state index contributed by atoms with van der Waals surface area (Å²) in [5.74, 6) is -0.119. The minimum absolute atomic E-state index is 0.0148. The number of anilines is 1. The van der Waals surface area contributed by atoms with Crippen molar-refractivity contribution in [2.24, 2.45) is 0 Å². The number of hydrogen-bond donors (Lipinski definition) is 2. The summed E-state index contributed by atoms with van der Waals surface area (Å²) in [7, 11) is -3.65. The molecule has 13 heteroatoms. The monoisotopic (exact) mass is 555 g/mol. The van der Waals surface area contributed by atoms with Crippen molar-refractivity contribution in [3.8, 4) is 5.88 Å². The smallest absolute Gasteiger partial charge is 0.423 e. The number of nitrogens with zero attached hydrogens (tertiary/aromatic N) is 3. The predicted molar refractivity (Wildman–Crippen MR) is 134 cm³/mol. The highest BCUT2D eigenvalue weighted by Gasteiger charge is 2.38. The lowest BCUT2D eigenvalue weighted by molar-refractivity contribution is -0.139. The maximum Gasteiger partial charge on any atom is 0.423 e. The first-order chi connectivity index (χ1) is 18.2. The first-order valence-electron chi connectivity index (χ1n) is 13.0. The van der Waals surface area contributed by atoms with Gasteiger partial charge in [0.2, 0.25) is 21.9 Å². The van der Waals surface area contributed by atoms with E-state index in [4.69, 9.17) is 9.47 Å². The molecule has 2 atom stereocenters. The standard InChI is InChI=1S/C25H32F3N5O4S/c26-25(27,28)22-15-30-24(32-23(22)37-20-9-13-36-16-20)31-19-7-11-33(12-8-19)38(34,35)21-5-3-17(4-6-21)18-2-1-10-29-14-18/h3-6,15,18-20,29H,1-2,7-14,16H2,(H,30,31,32)/t18-,20+/m1/s1. The zero-order chi connectivity index (χ0) is 26.8. The zero-order valence-electron chi connectivity index (χ0n) is 20.9. The number of hydrogen-bond acceptors (Lipinski definition) is 8. The average molecular weight is 556 g/mol. The molecule has 0 radical (unpaired) electrons. The highest BCUT2D eigenvalue weighted by molar-refractivity contribution is 7.89. The summed E-state index contributed by atoms with van der Waals surface area (Å²) in [6, 6.07) is 6.96. The van der Waals surface area contributed by atoms with Gasteiger partial charge in [-0.05, 0) is 55.8 Å². The van der Waals surface area contributed by atoms with Crippen LogP contribution in [0, 0.1) is 0 Å². The van der Waals surface area contributed by atoms with E-state index in [0.29, 0.717) is 38.0 Å². The number of aromatic nitrogens is 2. The molecule has 0 spiro atoms. The van der Waals surface area contributed by atoms with E-state index in [1.165, 1.54) is 4.31 Å². The van der Waals surface area contributed by atoms with Crippen LogP contribution in [-0.4, -0.2) is 74.2 Å². The lowest BCUT2D eigenvalue weighted by Gasteiger charge is -2.32. The van der Waals surface area contributed by atoms with Gasteiger partial charge in [0, 0.05) is 38.3 Å². The van der Waals surface area contributed by atoms with Crippen LogP contribution >= 0.6 is 0 Å². The van der Waals surface area contributed by atoms with Gasteiger partial charge in [0.1, 0.15) is 11.7 Å². The van der Waals surface area contributed by atoms with Gasteiger partial charge in [-0.3, -0.25) is 0 Å². The minimum Gasteiger partial charge on any atom is -0.471 e. The molecule has 3 saturated heterocycles. The Bertz CT molecular complexity index is 1190. The normalized spacial score (nSPS) is 23.9. The molecular weight excluding hydrogens is 523 g/mol. The molecule has 0 saturated carbocycles. The highest BCUT2D eigenvalue weighted by atomic mass is 32.2. The second kappa shape index (κ2) is 11.3. The summed E-state index contributed by atoms with van der Waals surface area (Å²) < 4.78 is 78.9. The van der Waals surface area contributed by atoms with Crippen LogP contribution in [0.5, 0.6) is 5.88 Å². The average Bonchev–Trinajstić information content (AvgIpc) is 3.42. The molecule has 3 aliphatic heterocycles. The van der Waals surface area contributed by atoms with Gasteiger partial charge in [-0.15, -0.1) is 0 Å². The van der Waals surface area contributed by atoms with E-state index in [0.717, 1.165) is 31.5 Å². The Morgan fingerprint density at radius 1 is 1.11 bits per heavy atom. The molecule has 5 rings (SSSR count). The van der Waals surface area contributed by atoms with E-state index in [9.17, 15) is 21.6 Å². The molecular formula is C25H32F3N5O4S. The zero-order valence-corrected chi connectivity index (χ0v) is 21.7. The van der Waals surface area contributed by atoms with Crippen LogP contribution < -0.4 is 15.4 Å². The highest BCUT2D eigenvalue weighted by Crippen LogP contribution is 2.36. The molecule has 208 valence electrons. The third-order valence-corrected chi connectivity index (χ3v) is 9.21. The number of sulfonamides is 1. The van der Waals surface area contributed by atoms with Crippen molar-refractivity contribution < 1.29 is 31.1 Å². The Balaban J connectivity index is 1.20. The first-order valence-corrected chi connectivity index (χ1v) is 14.4. The summed E-state index contributed by atoms with van der Waals surface area (Å²) >= 11 is 0. The molecule has 0 amide bonds. The van der Waals surface area contributed by atoms with Crippen LogP contribution in [0.1, 0.15) is 49.1 Å². The molecule has 0 aliphatic carbocycles. The van der Waals surface area contributed by atoms with Crippen molar-refractivity contribution in [1.29, 1.82) is 0 Å². The van der Waals surface area contributed by atoms with Gasteiger partial charge < -0.3 is 20.1 Å². The van der Waals surface area contributed by atoms with Crippen LogP contribution in [0.2, 0.25) is 0 Å². The van der Waals surface area contributed by atoms with E-state index < -0.39 is 33.7 Å². The fourth-order valence-corrected chi connectivity index (χ4v) is 6.57. The lowest BCUT2D eigenvalue weighted by atomic mass is 9.92. The number of halogens is 3. The van der Waals surface area contributed by atoms with Gasteiger partial charge in [-0.1, -0.05) is 12.1 Å². The van der Waals surface area contributed by atoms with E-state index in [1.807, 2.05) is 12.1 Å². The van der Waals surface area contributed by atoms with Gasteiger partial charge in [0.15, 0.2) is 0 Å². The van der Waals surface area contributed by atoms with Crippen molar-refractivity contribution in [2.75, 3.05) is 44.7 Å². The summed E-state index contributed by atoms with van der Waals surface area (Å²) in [5.41, 5.74) is 0.0982. The Hall–Kier alpha value is -2.48. The topological polar surface area (TPSA) is 106 Å². The fraction of sp³-hybridized carbons (Fsp3) is 0.600. The number of ether oxygens (including phenoxy) is 2. The van der Waals surface area contributed by atoms with Crippen molar-refractivity contribution in [1.82, 2.24) is 19.6 Å². The van der Waals surface area contributed by atoms with Crippen molar-refractivity contribution >= 4 is 16.0 Å². The maximum absolute atomic E-state index is 13.4. The lowest BCUT2D eigenvalue weighted by Crippen LogP contribution is -2.42. The largest absolute Gasteiger partial charge is 0.471 e. The number of benzene rings is 1. The molecule has 2 N–H and O–H groups in total. The van der Waals surface area contributed by atoms with Gasteiger partial charge >= 0.3 is 6.18 Å². The van der Waals surface area contributed by atoms with Gasteiger partial charge in [-0.2, -0.15) is 22.5 Å². The van der Waals surface area contributed by atoms with Crippen LogP contribution in [0.25, 0.3) is 0 Å². The molecule has 0 bridgehead atoms. The van der Waals surface area contributed by atoms with E-state index in [-0.39, 0.29) is 36.6 Å². The Morgan fingerprint density at radius 2 is 1.87 bits per heavy atom. The maximum atomic E-state index is 13.4. The van der Waals surface area contributed by atoms with E-state index in [1.54, 1.807) is 12.1 Å². The Morgan fingerprint density at radius 3 is 2.50 bits per heavy atom. The quantitative estimate of drug-likeness (QED) is 0.536. The summed E-state index contributed by atoms with van der Waals surface area (Å²) in [5, 5.41) is 6.43. The number of piperidine rings is 2. The summed E-state index contributed by atoms with van der Waals surface area (Å²) in [4.78, 5) is 8.11. The molecule has 1 aromatic heterocycles. The number of rotatable bonds is 7. The third kappa shape index (κ3) is 6.22. The molecule has 4 heterocycles. The summed E-state index contributed by atoms with van der Waals surface area (Å²) in [6.45, 7) is 3.10. The molecule has 38 heavy (non-hydrogen) atoms. The van der Waals surface area contributed by atoms with Gasteiger partial charge in [-0.25, -0.2) is 13.4 Å². The third-order valence-electron chi connectivity index (χ3n) is 7.30. The van der Waals surface area contributed by atoms with E-state index >= 15 is 0 Å². The van der Waals surface area contributed by atoms with Gasteiger partial charge in [0.05, 0.1) is 18.1 Å². The minimum atomic E-state index is -4.65. The van der Waals surface area contributed by atoms with Crippen molar-refractivity contribution in [3.63, 3.8) is 0 Å². The molecule has 1 aromatic carbocycles. The molecule has 3 fully saturated rings. The van der Waals surface area contributed by atoms with E-state index in [2.05, 4.69) is 20.6 Å². The molecule has 0 unspecified atom stereocenters. The second-order valence-electron chi connectivity index (χ2n) is 9.95. The number of alkyl halides is 3. The van der Waals surface area contributed by atoms with Gasteiger partial charge in [0.25, 0.3) is 0 Å². The SMILES string of the molecule is O=S(=O)(c1ccc([C@@H]2CCCNC2)cc1)N1CCC(Nc2ncc(C(F)(F)F)c(O[C@H]3CCOC3)n2)CC1. The fourth-order valence-electron chi connectivity index (χ4n) is 5.10. The van der Waals surface area contributed by atoms with Crippen LogP contribution in [0.4, 0.5) is 19.1 Å². The van der Waals surface area contributed by atoms with Crippen molar-refractivity contribution in [2.45, 2.75) is 61.2 Å². The Labute approximate surface area is 220 Å². The van der Waals surface area contributed by atoms with Crippen LogP contribution in [-0.2, 0) is 20.9 Å². The Kier molecular flexibility index (Phi) is 8.08. The number of nitrogens with one attached hydrogen (secondary N) is 2. The molecule has 9 nitrogen and oxygen atoms in total. The van der Waals surface area contributed by atoms with Crippen LogP contribution in [0.15, 0.2) is 35.4 Å². The second-order valence-corrected chi connectivity index (χ2v) is 11.9. The summed E-state index contributed by atoms with van der Waals surface area (Å²) in [6.07, 6.45) is -0.839. The van der Waals surface area contributed by atoms with Crippen LogP contribution in [0.3, 0.4) is 0 Å². The van der Waals surface area contributed by atoms with Crippen molar-refractivity contribution in [3.05, 3.63) is 41.6 Å².